The number of rotatable bonds is 9. The first-order valence-electron chi connectivity index (χ1n) is 11.4. The highest BCUT2D eigenvalue weighted by Crippen LogP contribution is 2.19. The monoisotopic (exact) mass is 472 g/mol. The van der Waals surface area contributed by atoms with Gasteiger partial charge in [0.1, 0.15) is 0 Å². The van der Waals surface area contributed by atoms with E-state index in [2.05, 4.69) is 53.4 Å². The summed E-state index contributed by atoms with van der Waals surface area (Å²) in [7, 11) is 0. The molecular weight excluding hydrogens is 444 g/mol. The Hall–Kier alpha value is -3.45. The van der Waals surface area contributed by atoms with Crippen molar-refractivity contribution in [2.75, 3.05) is 12.3 Å². The highest BCUT2D eigenvalue weighted by molar-refractivity contribution is 7.99. The Bertz CT molecular complexity index is 1320. The van der Waals surface area contributed by atoms with Gasteiger partial charge in [-0.05, 0) is 47.2 Å². The van der Waals surface area contributed by atoms with E-state index in [0.717, 1.165) is 12.0 Å². The van der Waals surface area contributed by atoms with Gasteiger partial charge in [-0.25, -0.2) is 4.98 Å². The predicted octanol–water partition coefficient (Wildman–Crippen LogP) is 4.41. The van der Waals surface area contributed by atoms with Gasteiger partial charge in [0.2, 0.25) is 5.91 Å². The Kier molecular flexibility index (Phi) is 7.75. The number of carbonyl (C=O) groups is 1. The van der Waals surface area contributed by atoms with Crippen LogP contribution in [-0.4, -0.2) is 32.7 Å². The Morgan fingerprint density at radius 1 is 1.03 bits per heavy atom. The van der Waals surface area contributed by atoms with E-state index in [0.29, 0.717) is 35.1 Å². The van der Waals surface area contributed by atoms with Crippen LogP contribution in [0.4, 0.5) is 0 Å². The third kappa shape index (κ3) is 5.91. The molecule has 1 N–H and O–H groups in total. The number of aromatic nitrogens is 3. The quantitative estimate of drug-likeness (QED) is 0.288. The van der Waals surface area contributed by atoms with E-state index < -0.39 is 0 Å². The molecule has 34 heavy (non-hydrogen) atoms. The molecule has 0 aliphatic carbocycles. The lowest BCUT2D eigenvalue weighted by atomic mass is 10.0. The number of para-hydroxylation sites is 1. The van der Waals surface area contributed by atoms with Crippen molar-refractivity contribution in [1.29, 1.82) is 0 Å². The van der Waals surface area contributed by atoms with E-state index in [9.17, 15) is 9.59 Å². The van der Waals surface area contributed by atoms with Crippen LogP contribution in [0.15, 0.2) is 83.0 Å². The molecule has 6 nitrogen and oxygen atoms in total. The summed E-state index contributed by atoms with van der Waals surface area (Å²) in [4.78, 5) is 34.5. The largest absolute Gasteiger partial charge is 0.355 e. The molecule has 0 atom stereocenters. The Morgan fingerprint density at radius 3 is 2.56 bits per heavy atom. The van der Waals surface area contributed by atoms with Crippen LogP contribution in [-0.2, 0) is 17.8 Å². The Labute approximate surface area is 203 Å². The molecule has 4 rings (SSSR count). The molecule has 1 amide bonds. The molecule has 2 aromatic heterocycles. The standard InChI is InChI=1S/C27H28N4O2S/c1-19(2)22-11-9-20(10-12-22)13-15-29-25(32)18-34-27-30-24-8-4-3-7-23(24)26(33)31(27)17-21-6-5-14-28-16-21/h3-12,14,16,19H,13,15,17-18H2,1-2H3,(H,29,32). The maximum absolute atomic E-state index is 13.2. The molecule has 0 bridgehead atoms. The zero-order valence-electron chi connectivity index (χ0n) is 19.4. The summed E-state index contributed by atoms with van der Waals surface area (Å²) < 4.78 is 1.62. The average molecular weight is 473 g/mol. The van der Waals surface area contributed by atoms with Gasteiger partial charge in [0.15, 0.2) is 5.16 Å². The summed E-state index contributed by atoms with van der Waals surface area (Å²) in [6.07, 6.45) is 4.20. The topological polar surface area (TPSA) is 76.9 Å². The number of fused-ring (bicyclic) bond motifs is 1. The Morgan fingerprint density at radius 2 is 1.82 bits per heavy atom. The number of nitrogens with one attached hydrogen (secondary N) is 1. The van der Waals surface area contributed by atoms with Gasteiger partial charge >= 0.3 is 0 Å². The number of amides is 1. The molecule has 0 saturated carbocycles. The number of nitrogens with zero attached hydrogens (tertiary/aromatic N) is 3. The molecule has 0 saturated heterocycles. The van der Waals surface area contributed by atoms with Crippen molar-refractivity contribution in [3.63, 3.8) is 0 Å². The van der Waals surface area contributed by atoms with E-state index in [-0.39, 0.29) is 17.2 Å². The SMILES string of the molecule is CC(C)c1ccc(CCNC(=O)CSc2nc3ccccc3c(=O)n2Cc2cccnc2)cc1. The van der Waals surface area contributed by atoms with Gasteiger partial charge in [0.25, 0.3) is 5.56 Å². The van der Waals surface area contributed by atoms with Crippen molar-refractivity contribution in [3.8, 4) is 0 Å². The molecule has 0 aliphatic rings. The second-order valence-electron chi connectivity index (χ2n) is 8.45. The van der Waals surface area contributed by atoms with E-state index in [4.69, 9.17) is 0 Å². The van der Waals surface area contributed by atoms with Gasteiger partial charge < -0.3 is 5.32 Å². The van der Waals surface area contributed by atoms with Gasteiger partial charge in [-0.1, -0.05) is 68.1 Å². The zero-order valence-corrected chi connectivity index (χ0v) is 20.2. The van der Waals surface area contributed by atoms with Crippen LogP contribution in [0.25, 0.3) is 10.9 Å². The molecule has 0 radical (unpaired) electrons. The van der Waals surface area contributed by atoms with Crippen LogP contribution >= 0.6 is 11.8 Å². The summed E-state index contributed by atoms with van der Waals surface area (Å²) in [6.45, 7) is 5.26. The van der Waals surface area contributed by atoms with Crippen molar-refractivity contribution in [2.45, 2.75) is 37.9 Å². The molecule has 2 heterocycles. The van der Waals surface area contributed by atoms with Crippen molar-refractivity contribution < 1.29 is 4.79 Å². The summed E-state index contributed by atoms with van der Waals surface area (Å²) in [5.74, 6) is 0.605. The third-order valence-electron chi connectivity index (χ3n) is 5.60. The first-order chi connectivity index (χ1) is 16.5. The Balaban J connectivity index is 1.42. The summed E-state index contributed by atoms with van der Waals surface area (Å²) in [5, 5.41) is 4.05. The molecule has 0 aliphatic heterocycles. The fourth-order valence-corrected chi connectivity index (χ4v) is 4.50. The lowest BCUT2D eigenvalue weighted by molar-refractivity contribution is -0.118. The lowest BCUT2D eigenvalue weighted by Crippen LogP contribution is -2.28. The number of pyridine rings is 1. The van der Waals surface area contributed by atoms with Crippen molar-refractivity contribution in [1.82, 2.24) is 19.9 Å². The molecule has 7 heteroatoms. The minimum atomic E-state index is -0.123. The lowest BCUT2D eigenvalue weighted by Gasteiger charge is -2.13. The third-order valence-corrected chi connectivity index (χ3v) is 6.58. The highest BCUT2D eigenvalue weighted by Gasteiger charge is 2.14. The minimum absolute atomic E-state index is 0.0841. The molecule has 0 fully saturated rings. The maximum Gasteiger partial charge on any atom is 0.262 e. The molecule has 4 aromatic rings. The zero-order chi connectivity index (χ0) is 23.9. The summed E-state index contributed by atoms with van der Waals surface area (Å²) in [5.41, 5.74) is 3.91. The summed E-state index contributed by atoms with van der Waals surface area (Å²) in [6, 6.07) is 19.6. The molecular formula is C27H28N4O2S. The van der Waals surface area contributed by atoms with Crippen LogP contribution in [0.3, 0.4) is 0 Å². The molecule has 0 spiro atoms. The second-order valence-corrected chi connectivity index (χ2v) is 9.39. The predicted molar refractivity (Wildman–Crippen MR) is 137 cm³/mol. The van der Waals surface area contributed by atoms with Crippen LogP contribution in [0.5, 0.6) is 0 Å². The minimum Gasteiger partial charge on any atom is -0.355 e. The van der Waals surface area contributed by atoms with E-state index in [1.165, 1.54) is 22.9 Å². The van der Waals surface area contributed by atoms with Crippen LogP contribution in [0.2, 0.25) is 0 Å². The summed E-state index contributed by atoms with van der Waals surface area (Å²) >= 11 is 1.27. The average Bonchev–Trinajstić information content (AvgIpc) is 2.85. The first-order valence-corrected chi connectivity index (χ1v) is 12.4. The van der Waals surface area contributed by atoms with Crippen molar-refractivity contribution in [2.24, 2.45) is 0 Å². The molecule has 0 unspecified atom stereocenters. The molecule has 174 valence electrons. The first kappa shape index (κ1) is 23.7. The van der Waals surface area contributed by atoms with Gasteiger partial charge in [0, 0.05) is 18.9 Å². The fraction of sp³-hybridized carbons (Fsp3) is 0.259. The maximum atomic E-state index is 13.2. The second kappa shape index (κ2) is 11.1. The van der Waals surface area contributed by atoms with E-state index in [1.807, 2.05) is 30.3 Å². The van der Waals surface area contributed by atoms with Crippen LogP contribution < -0.4 is 10.9 Å². The van der Waals surface area contributed by atoms with Crippen molar-refractivity contribution in [3.05, 3.63) is 100 Å². The van der Waals surface area contributed by atoms with Crippen molar-refractivity contribution >= 4 is 28.6 Å². The number of hydrogen-bond donors (Lipinski definition) is 1. The van der Waals surface area contributed by atoms with Crippen LogP contribution in [0, 0.1) is 0 Å². The fourth-order valence-electron chi connectivity index (χ4n) is 3.67. The van der Waals surface area contributed by atoms with Gasteiger partial charge in [-0.2, -0.15) is 0 Å². The number of carbonyl (C=O) groups excluding carboxylic acids is 1. The van der Waals surface area contributed by atoms with Gasteiger partial charge in [0.05, 0.1) is 23.2 Å². The number of hydrogen-bond acceptors (Lipinski definition) is 5. The van der Waals surface area contributed by atoms with Crippen LogP contribution in [0.1, 0.15) is 36.5 Å². The normalized spacial score (nSPS) is 11.1. The highest BCUT2D eigenvalue weighted by atomic mass is 32.2. The number of thioether (sulfide) groups is 1. The van der Waals surface area contributed by atoms with Gasteiger partial charge in [-0.15, -0.1) is 0 Å². The van der Waals surface area contributed by atoms with E-state index >= 15 is 0 Å². The van der Waals surface area contributed by atoms with E-state index in [1.54, 1.807) is 23.0 Å². The smallest absolute Gasteiger partial charge is 0.262 e. The number of benzene rings is 2. The molecule has 2 aromatic carbocycles. The van der Waals surface area contributed by atoms with Gasteiger partial charge in [-0.3, -0.25) is 19.1 Å².